The molecule has 2 N–H and O–H groups in total. The fourth-order valence-electron chi connectivity index (χ4n) is 3.80. The van der Waals surface area contributed by atoms with Crippen LogP contribution < -0.4 is 5.73 Å². The van der Waals surface area contributed by atoms with Crippen LogP contribution in [-0.2, 0) is 6.54 Å². The average Bonchev–Trinajstić information content (AvgIpc) is 3.19. The van der Waals surface area contributed by atoms with E-state index >= 15 is 0 Å². The van der Waals surface area contributed by atoms with Crippen LogP contribution in [0.2, 0.25) is 0 Å². The minimum Gasteiger partial charge on any atom is -0.327 e. The molecule has 2 heterocycles. The largest absolute Gasteiger partial charge is 0.327 e. The molecule has 0 radical (unpaired) electrons. The summed E-state index contributed by atoms with van der Waals surface area (Å²) in [6.45, 7) is 3.00. The Balaban J connectivity index is 0.00000144. The van der Waals surface area contributed by atoms with E-state index in [1.807, 2.05) is 35.0 Å². The van der Waals surface area contributed by atoms with Gasteiger partial charge in [-0.15, -0.1) is 17.5 Å². The van der Waals surface area contributed by atoms with Crippen molar-refractivity contribution in [1.29, 1.82) is 0 Å². The first-order valence-corrected chi connectivity index (χ1v) is 7.62. The van der Waals surface area contributed by atoms with Crippen LogP contribution >= 0.6 is 12.4 Å². The lowest BCUT2D eigenvalue weighted by Gasteiger charge is -2.17. The summed E-state index contributed by atoms with van der Waals surface area (Å²) in [5, 5.41) is 12.2. The quantitative estimate of drug-likeness (QED) is 0.921. The van der Waals surface area contributed by atoms with E-state index < -0.39 is 0 Å². The lowest BCUT2D eigenvalue weighted by Crippen LogP contribution is -2.30. The zero-order valence-electron chi connectivity index (χ0n) is 12.4. The van der Waals surface area contributed by atoms with Crippen LogP contribution in [0.5, 0.6) is 0 Å². The molecule has 2 aliphatic rings. The second-order valence-corrected chi connectivity index (χ2v) is 6.20. The number of para-hydroxylation sites is 1. The number of nitrogens with zero attached hydrogens (tertiary/aromatic N) is 5. The number of halogens is 1. The fraction of sp³-hybridized carbons (Fsp3) is 0.533. The van der Waals surface area contributed by atoms with Crippen molar-refractivity contribution in [1.82, 2.24) is 25.1 Å². The van der Waals surface area contributed by atoms with Crippen molar-refractivity contribution in [3.05, 3.63) is 36.2 Å². The van der Waals surface area contributed by atoms with Crippen LogP contribution in [-0.4, -0.2) is 44.2 Å². The highest BCUT2D eigenvalue weighted by molar-refractivity contribution is 5.85. The van der Waals surface area contributed by atoms with Crippen molar-refractivity contribution in [3.63, 3.8) is 0 Å². The molecule has 3 unspecified atom stereocenters. The maximum atomic E-state index is 6.20. The molecule has 3 atom stereocenters. The van der Waals surface area contributed by atoms with E-state index in [1.54, 1.807) is 0 Å². The van der Waals surface area contributed by atoms with E-state index in [-0.39, 0.29) is 12.4 Å². The SMILES string of the molecule is Cl.NC1CCC2CN(Cc3nnnn3-c3ccccc3)CC12. The Morgan fingerprint density at radius 1 is 1.14 bits per heavy atom. The topological polar surface area (TPSA) is 72.9 Å². The minimum atomic E-state index is 0. The molecule has 2 aromatic rings. The molecule has 1 saturated heterocycles. The van der Waals surface area contributed by atoms with E-state index in [0.29, 0.717) is 12.0 Å². The van der Waals surface area contributed by atoms with Gasteiger partial charge in [-0.05, 0) is 47.2 Å². The van der Waals surface area contributed by atoms with Crippen LogP contribution in [0.3, 0.4) is 0 Å². The molecule has 0 bridgehead atoms. The van der Waals surface area contributed by atoms with Gasteiger partial charge < -0.3 is 5.73 Å². The van der Waals surface area contributed by atoms with Gasteiger partial charge in [0.1, 0.15) is 0 Å². The average molecular weight is 321 g/mol. The Kier molecular flexibility index (Phi) is 4.42. The highest BCUT2D eigenvalue weighted by Crippen LogP contribution is 2.37. The molecule has 0 spiro atoms. The third kappa shape index (κ3) is 2.74. The molecule has 1 aliphatic heterocycles. The second-order valence-electron chi connectivity index (χ2n) is 6.20. The summed E-state index contributed by atoms with van der Waals surface area (Å²) in [5.41, 5.74) is 7.21. The molecule has 0 amide bonds. The number of rotatable bonds is 3. The summed E-state index contributed by atoms with van der Waals surface area (Å²) in [6.07, 6.45) is 2.46. The van der Waals surface area contributed by atoms with Gasteiger partial charge in [0.2, 0.25) is 0 Å². The van der Waals surface area contributed by atoms with Gasteiger partial charge in [-0.1, -0.05) is 18.2 Å². The Bertz CT molecular complexity index is 616. The smallest absolute Gasteiger partial charge is 0.170 e. The van der Waals surface area contributed by atoms with Crippen LogP contribution in [0.1, 0.15) is 18.7 Å². The zero-order chi connectivity index (χ0) is 14.2. The van der Waals surface area contributed by atoms with Gasteiger partial charge in [0.15, 0.2) is 5.82 Å². The number of likely N-dealkylation sites (tertiary alicyclic amines) is 1. The molecule has 4 rings (SSSR count). The number of benzene rings is 1. The Morgan fingerprint density at radius 3 is 2.73 bits per heavy atom. The first kappa shape index (κ1) is 15.4. The van der Waals surface area contributed by atoms with Crippen molar-refractivity contribution in [2.45, 2.75) is 25.4 Å². The van der Waals surface area contributed by atoms with Crippen molar-refractivity contribution in [3.8, 4) is 5.69 Å². The van der Waals surface area contributed by atoms with Crippen LogP contribution in [0, 0.1) is 11.8 Å². The molecule has 2 fully saturated rings. The molecule has 6 nitrogen and oxygen atoms in total. The predicted molar refractivity (Wildman–Crippen MR) is 85.9 cm³/mol. The van der Waals surface area contributed by atoms with Crippen molar-refractivity contribution in [2.24, 2.45) is 17.6 Å². The first-order valence-electron chi connectivity index (χ1n) is 7.62. The monoisotopic (exact) mass is 320 g/mol. The predicted octanol–water partition coefficient (Wildman–Crippen LogP) is 1.25. The molecule has 1 aliphatic carbocycles. The van der Waals surface area contributed by atoms with Crippen LogP contribution in [0.4, 0.5) is 0 Å². The van der Waals surface area contributed by atoms with Gasteiger partial charge in [-0.3, -0.25) is 4.90 Å². The number of hydrogen-bond donors (Lipinski definition) is 1. The van der Waals surface area contributed by atoms with Gasteiger partial charge in [-0.2, -0.15) is 4.68 Å². The van der Waals surface area contributed by atoms with E-state index in [2.05, 4.69) is 20.4 Å². The summed E-state index contributed by atoms with van der Waals surface area (Å²) < 4.78 is 1.83. The van der Waals surface area contributed by atoms with Gasteiger partial charge in [0.05, 0.1) is 12.2 Å². The van der Waals surface area contributed by atoms with Crippen molar-refractivity contribution >= 4 is 12.4 Å². The van der Waals surface area contributed by atoms with E-state index in [0.717, 1.165) is 37.1 Å². The summed E-state index contributed by atoms with van der Waals surface area (Å²) in [5.74, 6) is 2.32. The summed E-state index contributed by atoms with van der Waals surface area (Å²) in [6, 6.07) is 10.4. The Labute approximate surface area is 136 Å². The normalized spacial score (nSPS) is 27.6. The maximum absolute atomic E-state index is 6.20. The molecule has 7 heteroatoms. The number of fused-ring (bicyclic) bond motifs is 1. The number of nitrogens with two attached hydrogens (primary N) is 1. The highest BCUT2D eigenvalue weighted by atomic mass is 35.5. The Hall–Kier alpha value is -1.50. The van der Waals surface area contributed by atoms with Crippen LogP contribution in [0.25, 0.3) is 5.69 Å². The van der Waals surface area contributed by atoms with Gasteiger partial charge >= 0.3 is 0 Å². The van der Waals surface area contributed by atoms with E-state index in [4.69, 9.17) is 5.73 Å². The molecular formula is C15H21ClN6. The zero-order valence-corrected chi connectivity index (χ0v) is 13.2. The highest BCUT2D eigenvalue weighted by Gasteiger charge is 2.41. The third-order valence-electron chi connectivity index (χ3n) is 4.89. The summed E-state index contributed by atoms with van der Waals surface area (Å²) >= 11 is 0. The van der Waals surface area contributed by atoms with Crippen molar-refractivity contribution in [2.75, 3.05) is 13.1 Å². The second kappa shape index (κ2) is 6.32. The van der Waals surface area contributed by atoms with E-state index in [1.165, 1.54) is 12.8 Å². The molecule has 118 valence electrons. The molecular weight excluding hydrogens is 300 g/mol. The lowest BCUT2D eigenvalue weighted by molar-refractivity contribution is 0.288. The molecule has 1 saturated carbocycles. The number of hydrogen-bond acceptors (Lipinski definition) is 5. The standard InChI is InChI=1S/C15H20N6.ClH/c16-14-7-6-11-8-20(9-13(11)14)10-15-17-18-19-21(15)12-4-2-1-3-5-12;/h1-5,11,13-14H,6-10,16H2;1H. The summed E-state index contributed by atoms with van der Waals surface area (Å²) in [7, 11) is 0. The summed E-state index contributed by atoms with van der Waals surface area (Å²) in [4.78, 5) is 2.44. The van der Waals surface area contributed by atoms with E-state index in [9.17, 15) is 0 Å². The van der Waals surface area contributed by atoms with Gasteiger partial charge in [0.25, 0.3) is 0 Å². The molecule has 1 aromatic heterocycles. The molecule has 22 heavy (non-hydrogen) atoms. The van der Waals surface area contributed by atoms with Gasteiger partial charge in [0, 0.05) is 19.1 Å². The number of tetrazole rings is 1. The first-order chi connectivity index (χ1) is 10.3. The molecule has 1 aromatic carbocycles. The lowest BCUT2D eigenvalue weighted by atomic mass is 9.98. The van der Waals surface area contributed by atoms with Crippen LogP contribution in [0.15, 0.2) is 30.3 Å². The van der Waals surface area contributed by atoms with Crippen molar-refractivity contribution < 1.29 is 0 Å². The third-order valence-corrected chi connectivity index (χ3v) is 4.89. The van der Waals surface area contributed by atoms with Gasteiger partial charge in [-0.25, -0.2) is 0 Å². The minimum absolute atomic E-state index is 0. The Morgan fingerprint density at radius 2 is 1.95 bits per heavy atom. The number of aromatic nitrogens is 4. The fourth-order valence-corrected chi connectivity index (χ4v) is 3.80. The maximum Gasteiger partial charge on any atom is 0.170 e.